The fourth-order valence-corrected chi connectivity index (χ4v) is 3.57. The van der Waals surface area contributed by atoms with E-state index in [-0.39, 0.29) is 11.7 Å². The van der Waals surface area contributed by atoms with Gasteiger partial charge in [-0.3, -0.25) is 9.89 Å². The minimum atomic E-state index is -0.146. The number of benzene rings is 1. The molecule has 0 saturated heterocycles. The van der Waals surface area contributed by atoms with Gasteiger partial charge in [0.05, 0.1) is 20.0 Å². The van der Waals surface area contributed by atoms with Gasteiger partial charge in [0.1, 0.15) is 5.82 Å². The van der Waals surface area contributed by atoms with Gasteiger partial charge < -0.3 is 14.8 Å². The van der Waals surface area contributed by atoms with Gasteiger partial charge in [0.2, 0.25) is 11.1 Å². The average molecular weight is 390 g/mol. The van der Waals surface area contributed by atoms with Crippen LogP contribution in [0.25, 0.3) is 0 Å². The van der Waals surface area contributed by atoms with Crippen LogP contribution in [-0.2, 0) is 11.2 Å². The number of thiophene rings is 1. The van der Waals surface area contributed by atoms with E-state index in [0.29, 0.717) is 28.8 Å². The summed E-state index contributed by atoms with van der Waals surface area (Å²) in [4.78, 5) is 17.7. The summed E-state index contributed by atoms with van der Waals surface area (Å²) >= 11 is 2.95. The summed E-state index contributed by atoms with van der Waals surface area (Å²) in [7, 11) is 3.12. The monoisotopic (exact) mass is 390 g/mol. The van der Waals surface area contributed by atoms with Crippen LogP contribution in [0.1, 0.15) is 10.7 Å². The molecule has 3 aromatic rings. The molecule has 0 radical (unpaired) electrons. The number of methoxy groups -OCH3 is 2. The Hall–Kier alpha value is -2.52. The van der Waals surface area contributed by atoms with Gasteiger partial charge >= 0.3 is 0 Å². The molecule has 0 fully saturated rings. The summed E-state index contributed by atoms with van der Waals surface area (Å²) in [5, 5.41) is 12.5. The second kappa shape index (κ2) is 8.72. The van der Waals surface area contributed by atoms with Crippen molar-refractivity contribution < 1.29 is 14.3 Å². The van der Waals surface area contributed by atoms with Crippen LogP contribution in [0.2, 0.25) is 0 Å². The Labute approximate surface area is 159 Å². The second-order valence-corrected chi connectivity index (χ2v) is 7.20. The van der Waals surface area contributed by atoms with E-state index >= 15 is 0 Å². The number of H-pyrrole nitrogens is 1. The number of hydrogen-bond acceptors (Lipinski definition) is 7. The summed E-state index contributed by atoms with van der Waals surface area (Å²) in [6.07, 6.45) is 0.711. The van der Waals surface area contributed by atoms with Crippen LogP contribution in [0, 0.1) is 0 Å². The van der Waals surface area contributed by atoms with E-state index in [0.717, 1.165) is 5.82 Å². The smallest absolute Gasteiger partial charge is 0.234 e. The van der Waals surface area contributed by atoms with Gasteiger partial charge in [0.25, 0.3) is 0 Å². The lowest BCUT2D eigenvalue weighted by atomic mass is 10.2. The van der Waals surface area contributed by atoms with E-state index in [4.69, 9.17) is 9.47 Å². The van der Waals surface area contributed by atoms with Crippen molar-refractivity contribution in [3.63, 3.8) is 0 Å². The van der Waals surface area contributed by atoms with E-state index in [2.05, 4.69) is 26.6 Å². The van der Waals surface area contributed by atoms with Crippen molar-refractivity contribution in [1.82, 2.24) is 15.2 Å². The Morgan fingerprint density at radius 1 is 1.27 bits per heavy atom. The van der Waals surface area contributed by atoms with Gasteiger partial charge in [0, 0.05) is 23.1 Å². The standard InChI is InChI=1S/C17H18N4O3S2/c1-23-13-6-5-11(8-14(13)24-2)18-16(22)10-26-17-19-15(20-21-17)9-12-4-3-7-25-12/h3-8H,9-10H2,1-2H3,(H,18,22)(H,19,20,21). The maximum atomic E-state index is 12.1. The first-order valence-corrected chi connectivity index (χ1v) is 9.63. The van der Waals surface area contributed by atoms with Crippen LogP contribution >= 0.6 is 23.1 Å². The van der Waals surface area contributed by atoms with Gasteiger partial charge in [-0.05, 0) is 23.6 Å². The first kappa shape index (κ1) is 18.3. The molecule has 0 aliphatic rings. The molecule has 0 saturated carbocycles. The topological polar surface area (TPSA) is 89.1 Å². The van der Waals surface area contributed by atoms with E-state index in [1.165, 1.54) is 16.6 Å². The molecule has 3 rings (SSSR count). The van der Waals surface area contributed by atoms with Gasteiger partial charge in [-0.15, -0.1) is 16.4 Å². The van der Waals surface area contributed by atoms with E-state index in [1.807, 2.05) is 11.4 Å². The zero-order chi connectivity index (χ0) is 18.4. The van der Waals surface area contributed by atoms with E-state index in [1.54, 1.807) is 43.8 Å². The maximum absolute atomic E-state index is 12.1. The molecular weight excluding hydrogens is 372 g/mol. The Morgan fingerprint density at radius 3 is 2.85 bits per heavy atom. The van der Waals surface area contributed by atoms with Gasteiger partial charge in [-0.2, -0.15) is 0 Å². The number of carbonyl (C=O) groups excluding carboxylic acids is 1. The van der Waals surface area contributed by atoms with Crippen molar-refractivity contribution in [1.29, 1.82) is 0 Å². The number of rotatable bonds is 8. The van der Waals surface area contributed by atoms with Crippen molar-refractivity contribution in [3.8, 4) is 11.5 Å². The zero-order valence-corrected chi connectivity index (χ0v) is 15.9. The van der Waals surface area contributed by atoms with Crippen molar-refractivity contribution in [3.05, 3.63) is 46.4 Å². The fourth-order valence-electron chi connectivity index (χ4n) is 2.24. The number of anilines is 1. The fraction of sp³-hybridized carbons (Fsp3) is 0.235. The van der Waals surface area contributed by atoms with Crippen LogP contribution in [0.15, 0.2) is 40.9 Å². The highest BCUT2D eigenvalue weighted by molar-refractivity contribution is 7.99. The van der Waals surface area contributed by atoms with Crippen LogP contribution in [0.3, 0.4) is 0 Å². The van der Waals surface area contributed by atoms with Crippen molar-refractivity contribution in [2.45, 2.75) is 11.6 Å². The molecule has 136 valence electrons. The molecule has 7 nitrogen and oxygen atoms in total. The average Bonchev–Trinajstić information content (AvgIpc) is 3.32. The molecule has 0 bridgehead atoms. The number of thioether (sulfide) groups is 1. The van der Waals surface area contributed by atoms with Gasteiger partial charge in [0.15, 0.2) is 11.5 Å². The Bertz CT molecular complexity index is 865. The number of nitrogens with zero attached hydrogens (tertiary/aromatic N) is 2. The normalized spacial score (nSPS) is 10.5. The molecule has 2 aromatic heterocycles. The Balaban J connectivity index is 1.52. The molecule has 2 heterocycles. The number of amides is 1. The molecular formula is C17H18N4O3S2. The zero-order valence-electron chi connectivity index (χ0n) is 14.3. The van der Waals surface area contributed by atoms with Crippen LogP contribution < -0.4 is 14.8 Å². The molecule has 0 aliphatic carbocycles. The number of ether oxygens (including phenoxy) is 2. The largest absolute Gasteiger partial charge is 0.493 e. The van der Waals surface area contributed by atoms with E-state index in [9.17, 15) is 4.79 Å². The summed E-state index contributed by atoms with van der Waals surface area (Å²) in [6.45, 7) is 0. The summed E-state index contributed by atoms with van der Waals surface area (Å²) in [6, 6.07) is 9.28. The molecule has 9 heteroatoms. The Kier molecular flexibility index (Phi) is 6.13. The predicted molar refractivity (Wildman–Crippen MR) is 102 cm³/mol. The van der Waals surface area contributed by atoms with Crippen LogP contribution in [0.4, 0.5) is 5.69 Å². The number of carbonyl (C=O) groups is 1. The van der Waals surface area contributed by atoms with E-state index < -0.39 is 0 Å². The number of nitrogens with one attached hydrogen (secondary N) is 2. The maximum Gasteiger partial charge on any atom is 0.234 e. The van der Waals surface area contributed by atoms with Crippen LogP contribution in [0.5, 0.6) is 11.5 Å². The summed E-state index contributed by atoms with van der Waals surface area (Å²) in [5.41, 5.74) is 0.640. The molecule has 0 atom stereocenters. The molecule has 0 aliphatic heterocycles. The molecule has 0 spiro atoms. The highest BCUT2D eigenvalue weighted by Gasteiger charge is 2.10. The second-order valence-electron chi connectivity index (χ2n) is 5.23. The molecule has 2 N–H and O–H groups in total. The predicted octanol–water partition coefficient (Wildman–Crippen LogP) is 3.21. The number of hydrogen-bond donors (Lipinski definition) is 2. The lowest BCUT2D eigenvalue weighted by Gasteiger charge is -2.10. The van der Waals surface area contributed by atoms with Gasteiger partial charge in [-0.25, -0.2) is 4.98 Å². The minimum absolute atomic E-state index is 0.146. The van der Waals surface area contributed by atoms with Crippen LogP contribution in [-0.4, -0.2) is 41.1 Å². The van der Waals surface area contributed by atoms with Gasteiger partial charge in [-0.1, -0.05) is 17.8 Å². The third kappa shape index (κ3) is 4.77. The lowest BCUT2D eigenvalue weighted by molar-refractivity contribution is -0.113. The minimum Gasteiger partial charge on any atom is -0.493 e. The summed E-state index contributed by atoms with van der Waals surface area (Å²) in [5.74, 6) is 2.02. The molecule has 1 aromatic carbocycles. The lowest BCUT2D eigenvalue weighted by Crippen LogP contribution is -2.14. The molecule has 26 heavy (non-hydrogen) atoms. The molecule has 0 unspecified atom stereocenters. The number of aromatic nitrogens is 3. The van der Waals surface area contributed by atoms with Crippen molar-refractivity contribution in [2.75, 3.05) is 25.3 Å². The third-order valence-corrected chi connectivity index (χ3v) is 5.16. The Morgan fingerprint density at radius 2 is 2.12 bits per heavy atom. The van der Waals surface area contributed by atoms with Crippen molar-refractivity contribution >= 4 is 34.7 Å². The van der Waals surface area contributed by atoms with Crippen molar-refractivity contribution in [2.24, 2.45) is 0 Å². The third-order valence-electron chi connectivity index (χ3n) is 3.43. The quantitative estimate of drug-likeness (QED) is 0.574. The highest BCUT2D eigenvalue weighted by Crippen LogP contribution is 2.29. The SMILES string of the molecule is COc1ccc(NC(=O)CSc2n[nH]c(Cc3cccs3)n2)cc1OC. The first-order chi connectivity index (χ1) is 12.7. The first-order valence-electron chi connectivity index (χ1n) is 7.76. The summed E-state index contributed by atoms with van der Waals surface area (Å²) < 4.78 is 10.4. The number of aromatic amines is 1. The molecule has 1 amide bonds. The highest BCUT2D eigenvalue weighted by atomic mass is 32.2.